The van der Waals surface area contributed by atoms with Gasteiger partial charge in [-0.2, -0.15) is 5.10 Å². The minimum absolute atomic E-state index is 0.00644. The first-order valence-corrected chi connectivity index (χ1v) is 8.29. The van der Waals surface area contributed by atoms with E-state index in [1.54, 1.807) is 10.9 Å². The van der Waals surface area contributed by atoms with Crippen molar-refractivity contribution in [2.24, 2.45) is 7.05 Å². The fourth-order valence-corrected chi connectivity index (χ4v) is 3.45. The second-order valence-electron chi connectivity index (χ2n) is 6.38. The highest BCUT2D eigenvalue weighted by Crippen LogP contribution is 2.24. The largest absolute Gasteiger partial charge is 0.481 e. The van der Waals surface area contributed by atoms with E-state index in [0.717, 1.165) is 36.0 Å². The molecule has 1 N–H and O–H groups in total. The summed E-state index contributed by atoms with van der Waals surface area (Å²) in [4.78, 5) is 30.0. The number of aromatic nitrogens is 3. The van der Waals surface area contributed by atoms with Crippen LogP contribution in [0.15, 0.2) is 12.3 Å². The number of carbonyl (C=O) groups is 2. The van der Waals surface area contributed by atoms with Crippen molar-refractivity contribution in [3.63, 3.8) is 0 Å². The van der Waals surface area contributed by atoms with E-state index in [2.05, 4.69) is 10.1 Å². The van der Waals surface area contributed by atoms with Crippen LogP contribution >= 0.6 is 0 Å². The van der Waals surface area contributed by atoms with Crippen molar-refractivity contribution in [3.05, 3.63) is 23.5 Å². The van der Waals surface area contributed by atoms with E-state index in [-0.39, 0.29) is 18.4 Å². The lowest BCUT2D eigenvalue weighted by Gasteiger charge is -2.35. The topological polar surface area (TPSA) is 88.3 Å². The van der Waals surface area contributed by atoms with E-state index in [1.165, 1.54) is 0 Å². The second-order valence-corrected chi connectivity index (χ2v) is 6.38. The van der Waals surface area contributed by atoms with Gasteiger partial charge in [0.1, 0.15) is 0 Å². The van der Waals surface area contributed by atoms with Crippen molar-refractivity contribution in [2.45, 2.75) is 45.1 Å². The van der Waals surface area contributed by atoms with Crippen molar-refractivity contribution in [3.8, 4) is 0 Å². The predicted octanol–water partition coefficient (Wildman–Crippen LogP) is 2.14. The Kier molecular flexibility index (Phi) is 4.51. The lowest BCUT2D eigenvalue weighted by atomic mass is 9.97. The molecule has 1 saturated heterocycles. The zero-order chi connectivity index (χ0) is 17.3. The van der Waals surface area contributed by atoms with Gasteiger partial charge in [-0.1, -0.05) is 0 Å². The fraction of sp³-hybridized carbons (Fsp3) is 0.529. The third-order valence-electron chi connectivity index (χ3n) is 4.69. The van der Waals surface area contributed by atoms with Gasteiger partial charge in [0.05, 0.1) is 11.3 Å². The number of amides is 1. The number of fused-ring (bicyclic) bond motifs is 1. The molecular weight excluding hydrogens is 308 g/mol. The summed E-state index contributed by atoms with van der Waals surface area (Å²) in [6.45, 7) is 2.57. The van der Waals surface area contributed by atoms with Crippen LogP contribution < -0.4 is 0 Å². The summed E-state index contributed by atoms with van der Waals surface area (Å²) in [6, 6.07) is 1.84. The average molecular weight is 330 g/mol. The number of nitrogens with zero attached hydrogens (tertiary/aromatic N) is 4. The molecule has 1 aliphatic heterocycles. The number of carbonyl (C=O) groups excluding carboxylic acids is 1. The maximum absolute atomic E-state index is 12.9. The molecule has 24 heavy (non-hydrogen) atoms. The fourth-order valence-electron chi connectivity index (χ4n) is 3.45. The molecule has 0 saturated carbocycles. The molecule has 3 rings (SSSR count). The molecular formula is C17H22N4O3. The first kappa shape index (κ1) is 16.4. The summed E-state index contributed by atoms with van der Waals surface area (Å²) >= 11 is 0. The third-order valence-corrected chi connectivity index (χ3v) is 4.69. The maximum Gasteiger partial charge on any atom is 0.303 e. The van der Waals surface area contributed by atoms with Crippen LogP contribution in [-0.2, 0) is 11.8 Å². The van der Waals surface area contributed by atoms with Gasteiger partial charge in [-0.3, -0.25) is 14.3 Å². The van der Waals surface area contributed by atoms with E-state index >= 15 is 0 Å². The Morgan fingerprint density at radius 2 is 2.17 bits per heavy atom. The zero-order valence-electron chi connectivity index (χ0n) is 14.0. The SMILES string of the molecule is Cc1nn(C)c2ncc(C(=O)N3CCCCC3CCC(=O)O)cc12. The van der Waals surface area contributed by atoms with Crippen LogP contribution in [0.3, 0.4) is 0 Å². The summed E-state index contributed by atoms with van der Waals surface area (Å²) in [6.07, 6.45) is 5.04. The summed E-state index contributed by atoms with van der Waals surface area (Å²) in [5, 5.41) is 14.1. The van der Waals surface area contributed by atoms with Gasteiger partial charge >= 0.3 is 5.97 Å². The molecule has 1 fully saturated rings. The molecule has 1 unspecified atom stereocenters. The molecule has 0 aromatic carbocycles. The number of pyridine rings is 1. The molecule has 7 nitrogen and oxygen atoms in total. The summed E-state index contributed by atoms with van der Waals surface area (Å²) in [5.41, 5.74) is 2.14. The summed E-state index contributed by atoms with van der Waals surface area (Å²) < 4.78 is 1.70. The molecule has 1 atom stereocenters. The number of piperidine rings is 1. The minimum Gasteiger partial charge on any atom is -0.481 e. The first-order valence-electron chi connectivity index (χ1n) is 8.29. The molecule has 0 bridgehead atoms. The van der Waals surface area contributed by atoms with E-state index in [1.807, 2.05) is 24.9 Å². The molecule has 128 valence electrons. The molecule has 1 amide bonds. The van der Waals surface area contributed by atoms with Gasteiger partial charge in [0.25, 0.3) is 5.91 Å². The van der Waals surface area contributed by atoms with Crippen LogP contribution in [0.4, 0.5) is 0 Å². The lowest BCUT2D eigenvalue weighted by Crippen LogP contribution is -2.44. The van der Waals surface area contributed by atoms with Crippen molar-refractivity contribution in [1.29, 1.82) is 0 Å². The Morgan fingerprint density at radius 1 is 1.38 bits per heavy atom. The van der Waals surface area contributed by atoms with Crippen molar-refractivity contribution < 1.29 is 14.7 Å². The molecule has 2 aromatic heterocycles. The van der Waals surface area contributed by atoms with E-state index in [9.17, 15) is 9.59 Å². The van der Waals surface area contributed by atoms with Crippen molar-refractivity contribution in [1.82, 2.24) is 19.7 Å². The van der Waals surface area contributed by atoms with Gasteiger partial charge in [-0.25, -0.2) is 4.98 Å². The summed E-state index contributed by atoms with van der Waals surface area (Å²) in [5.74, 6) is -0.884. The monoisotopic (exact) mass is 330 g/mol. The van der Waals surface area contributed by atoms with Crippen LogP contribution in [-0.4, -0.2) is 49.2 Å². The van der Waals surface area contributed by atoms with E-state index in [4.69, 9.17) is 5.11 Å². The normalized spacial score (nSPS) is 18.1. The average Bonchev–Trinajstić information content (AvgIpc) is 2.86. The highest BCUT2D eigenvalue weighted by molar-refractivity contribution is 5.97. The quantitative estimate of drug-likeness (QED) is 0.928. The smallest absolute Gasteiger partial charge is 0.303 e. The molecule has 0 spiro atoms. The molecule has 7 heteroatoms. The van der Waals surface area contributed by atoms with Gasteiger partial charge in [-0.15, -0.1) is 0 Å². The van der Waals surface area contributed by atoms with Crippen LogP contribution in [0.1, 0.15) is 48.2 Å². The van der Waals surface area contributed by atoms with Gasteiger partial charge in [0.15, 0.2) is 5.65 Å². The predicted molar refractivity (Wildman–Crippen MR) is 88.8 cm³/mol. The van der Waals surface area contributed by atoms with Gasteiger partial charge in [0.2, 0.25) is 0 Å². The van der Waals surface area contributed by atoms with Gasteiger partial charge in [0, 0.05) is 37.6 Å². The number of aryl methyl sites for hydroxylation is 2. The standard InChI is InChI=1S/C17H22N4O3/c1-11-14-9-12(10-18-16(14)20(2)19-11)17(24)21-8-4-3-5-13(21)6-7-15(22)23/h9-10,13H,3-8H2,1-2H3,(H,22,23). The lowest BCUT2D eigenvalue weighted by molar-refractivity contribution is -0.137. The zero-order valence-corrected chi connectivity index (χ0v) is 14.0. The number of carboxylic acids is 1. The number of rotatable bonds is 4. The Labute approximate surface area is 140 Å². The first-order chi connectivity index (χ1) is 11.5. The Balaban J connectivity index is 1.85. The molecule has 1 aliphatic rings. The number of carboxylic acid groups (broad SMARTS) is 1. The Morgan fingerprint density at radius 3 is 2.92 bits per heavy atom. The number of likely N-dealkylation sites (tertiary alicyclic amines) is 1. The van der Waals surface area contributed by atoms with E-state index in [0.29, 0.717) is 18.5 Å². The van der Waals surface area contributed by atoms with Crippen LogP contribution in [0.5, 0.6) is 0 Å². The van der Waals surface area contributed by atoms with E-state index < -0.39 is 5.97 Å². The van der Waals surface area contributed by atoms with Crippen LogP contribution in [0, 0.1) is 6.92 Å². The van der Waals surface area contributed by atoms with Crippen molar-refractivity contribution in [2.75, 3.05) is 6.54 Å². The second kappa shape index (κ2) is 6.59. The highest BCUT2D eigenvalue weighted by atomic mass is 16.4. The molecule has 0 radical (unpaired) electrons. The molecule has 0 aliphatic carbocycles. The molecule has 2 aromatic rings. The minimum atomic E-state index is -0.818. The van der Waals surface area contributed by atoms with Crippen molar-refractivity contribution >= 4 is 22.9 Å². The van der Waals surface area contributed by atoms with Crippen LogP contribution in [0.2, 0.25) is 0 Å². The highest BCUT2D eigenvalue weighted by Gasteiger charge is 2.28. The Bertz CT molecular complexity index is 783. The number of hydrogen-bond acceptors (Lipinski definition) is 4. The number of aliphatic carboxylic acids is 1. The van der Waals surface area contributed by atoms with Crippen LogP contribution in [0.25, 0.3) is 11.0 Å². The maximum atomic E-state index is 12.9. The van der Waals surface area contributed by atoms with Gasteiger partial charge in [-0.05, 0) is 38.7 Å². The van der Waals surface area contributed by atoms with Gasteiger partial charge < -0.3 is 10.0 Å². The molecule has 3 heterocycles. The Hall–Kier alpha value is -2.44. The summed E-state index contributed by atoms with van der Waals surface area (Å²) in [7, 11) is 1.83. The third kappa shape index (κ3) is 3.11. The number of hydrogen-bond donors (Lipinski definition) is 1.